The standard InChI is InChI=1S/C23H34N4O2.HI/c1-4-24-23(25-15-6-8-18-27-17-7-5-9-22(27)28)26-16-14-19(2)20-10-12-21(29-3)13-11-20;/h5,7,9-13,17,19H,4,6,8,14-16,18H2,1-3H3,(H2,24,25,26);1H. The lowest BCUT2D eigenvalue weighted by molar-refractivity contribution is 0.414. The Labute approximate surface area is 197 Å². The van der Waals surface area contributed by atoms with Gasteiger partial charge in [-0.05, 0) is 55.9 Å². The van der Waals surface area contributed by atoms with Crippen LogP contribution in [0.1, 0.15) is 44.6 Å². The Kier molecular flexibility index (Phi) is 12.9. The maximum absolute atomic E-state index is 11.7. The Morgan fingerprint density at radius 1 is 1.13 bits per heavy atom. The SMILES string of the molecule is CCNC(=NCCCCn1ccccc1=O)NCCC(C)c1ccc(OC)cc1.I. The number of halogens is 1. The highest BCUT2D eigenvalue weighted by molar-refractivity contribution is 14.0. The van der Waals surface area contributed by atoms with Gasteiger partial charge in [0.1, 0.15) is 5.75 Å². The number of aromatic nitrogens is 1. The number of nitrogens with zero attached hydrogens (tertiary/aromatic N) is 2. The highest BCUT2D eigenvalue weighted by atomic mass is 127. The maximum Gasteiger partial charge on any atom is 0.250 e. The summed E-state index contributed by atoms with van der Waals surface area (Å²) in [6, 6.07) is 13.5. The Balaban J connectivity index is 0.00000450. The van der Waals surface area contributed by atoms with Crippen LogP contribution in [0.3, 0.4) is 0 Å². The van der Waals surface area contributed by atoms with E-state index in [4.69, 9.17) is 4.74 Å². The minimum atomic E-state index is 0. The van der Waals surface area contributed by atoms with Crippen LogP contribution in [0.25, 0.3) is 0 Å². The van der Waals surface area contributed by atoms with E-state index >= 15 is 0 Å². The van der Waals surface area contributed by atoms with Crippen molar-refractivity contribution >= 4 is 29.9 Å². The van der Waals surface area contributed by atoms with E-state index in [1.54, 1.807) is 23.8 Å². The van der Waals surface area contributed by atoms with Gasteiger partial charge in [0.2, 0.25) is 5.56 Å². The molecule has 2 rings (SSSR count). The molecular weight excluding hydrogens is 491 g/mol. The molecule has 166 valence electrons. The zero-order valence-electron chi connectivity index (χ0n) is 18.3. The van der Waals surface area contributed by atoms with Crippen LogP contribution in [0.5, 0.6) is 5.75 Å². The quantitative estimate of drug-likeness (QED) is 0.201. The fourth-order valence-corrected chi connectivity index (χ4v) is 3.08. The third-order valence-electron chi connectivity index (χ3n) is 4.87. The van der Waals surface area contributed by atoms with E-state index in [0.29, 0.717) is 5.92 Å². The summed E-state index contributed by atoms with van der Waals surface area (Å²) in [7, 11) is 1.69. The van der Waals surface area contributed by atoms with Gasteiger partial charge in [-0.3, -0.25) is 9.79 Å². The zero-order valence-corrected chi connectivity index (χ0v) is 20.6. The molecule has 7 heteroatoms. The van der Waals surface area contributed by atoms with Crippen LogP contribution in [-0.2, 0) is 6.54 Å². The number of unbranched alkanes of at least 4 members (excludes halogenated alkanes) is 1. The fourth-order valence-electron chi connectivity index (χ4n) is 3.08. The molecule has 1 aromatic heterocycles. The molecule has 0 spiro atoms. The van der Waals surface area contributed by atoms with Gasteiger partial charge in [-0.2, -0.15) is 0 Å². The Bertz CT molecular complexity index is 805. The first kappa shape index (κ1) is 26.0. The Morgan fingerprint density at radius 3 is 2.57 bits per heavy atom. The molecule has 0 saturated heterocycles. The van der Waals surface area contributed by atoms with Crippen molar-refractivity contribution in [1.29, 1.82) is 0 Å². The summed E-state index contributed by atoms with van der Waals surface area (Å²) in [5, 5.41) is 6.72. The molecule has 0 amide bonds. The van der Waals surface area contributed by atoms with Crippen molar-refractivity contribution in [2.24, 2.45) is 4.99 Å². The summed E-state index contributed by atoms with van der Waals surface area (Å²) in [5.74, 6) is 2.20. The third kappa shape index (κ3) is 9.19. The van der Waals surface area contributed by atoms with Crippen LogP contribution >= 0.6 is 24.0 Å². The number of ether oxygens (including phenoxy) is 1. The molecular formula is C23H35IN4O2. The highest BCUT2D eigenvalue weighted by Gasteiger charge is 2.06. The van der Waals surface area contributed by atoms with Crippen molar-refractivity contribution in [3.8, 4) is 5.75 Å². The molecule has 0 aliphatic heterocycles. The van der Waals surface area contributed by atoms with Gasteiger partial charge in [-0.1, -0.05) is 25.1 Å². The predicted octanol–water partition coefficient (Wildman–Crippen LogP) is 4.00. The van der Waals surface area contributed by atoms with E-state index < -0.39 is 0 Å². The van der Waals surface area contributed by atoms with Crippen LogP contribution in [0, 0.1) is 0 Å². The van der Waals surface area contributed by atoms with Crippen LogP contribution in [0.15, 0.2) is 58.4 Å². The third-order valence-corrected chi connectivity index (χ3v) is 4.87. The molecule has 1 unspecified atom stereocenters. The second-order valence-electron chi connectivity index (χ2n) is 7.09. The van der Waals surface area contributed by atoms with Gasteiger partial charge >= 0.3 is 0 Å². The fraction of sp³-hybridized carbons (Fsp3) is 0.478. The number of rotatable bonds is 11. The van der Waals surface area contributed by atoms with Gasteiger partial charge in [0.25, 0.3) is 0 Å². The summed E-state index contributed by atoms with van der Waals surface area (Å²) >= 11 is 0. The number of methoxy groups -OCH3 is 1. The molecule has 1 heterocycles. The molecule has 6 nitrogen and oxygen atoms in total. The van der Waals surface area contributed by atoms with Crippen molar-refractivity contribution in [1.82, 2.24) is 15.2 Å². The lowest BCUT2D eigenvalue weighted by Gasteiger charge is -2.15. The summed E-state index contributed by atoms with van der Waals surface area (Å²) in [4.78, 5) is 16.3. The summed E-state index contributed by atoms with van der Waals surface area (Å²) < 4.78 is 6.96. The van der Waals surface area contributed by atoms with Gasteiger partial charge in [-0.25, -0.2) is 0 Å². The van der Waals surface area contributed by atoms with E-state index in [1.807, 2.05) is 24.4 Å². The molecule has 30 heavy (non-hydrogen) atoms. The molecule has 2 aromatic rings. The number of hydrogen-bond donors (Lipinski definition) is 2. The Hall–Kier alpha value is -2.03. The lowest BCUT2D eigenvalue weighted by atomic mass is 9.98. The zero-order chi connectivity index (χ0) is 20.9. The van der Waals surface area contributed by atoms with Gasteiger partial charge in [0, 0.05) is 38.4 Å². The number of pyridine rings is 1. The first-order valence-electron chi connectivity index (χ1n) is 10.5. The monoisotopic (exact) mass is 526 g/mol. The van der Waals surface area contributed by atoms with Crippen LogP contribution in [0.2, 0.25) is 0 Å². The van der Waals surface area contributed by atoms with E-state index in [-0.39, 0.29) is 29.5 Å². The highest BCUT2D eigenvalue weighted by Crippen LogP contribution is 2.21. The average molecular weight is 526 g/mol. The van der Waals surface area contributed by atoms with Crippen molar-refractivity contribution in [3.63, 3.8) is 0 Å². The lowest BCUT2D eigenvalue weighted by Crippen LogP contribution is -2.38. The first-order chi connectivity index (χ1) is 14.1. The normalized spacial score (nSPS) is 12.0. The first-order valence-corrected chi connectivity index (χ1v) is 10.5. The van der Waals surface area contributed by atoms with Crippen molar-refractivity contribution in [3.05, 3.63) is 64.6 Å². The van der Waals surface area contributed by atoms with Gasteiger partial charge in [0.05, 0.1) is 7.11 Å². The summed E-state index contributed by atoms with van der Waals surface area (Å²) in [5.41, 5.74) is 1.36. The summed E-state index contributed by atoms with van der Waals surface area (Å²) in [6.45, 7) is 7.47. The molecule has 0 fully saturated rings. The van der Waals surface area contributed by atoms with E-state index in [2.05, 4.69) is 41.6 Å². The number of benzene rings is 1. The van der Waals surface area contributed by atoms with Crippen LogP contribution in [-0.4, -0.2) is 37.3 Å². The smallest absolute Gasteiger partial charge is 0.250 e. The molecule has 2 N–H and O–H groups in total. The van der Waals surface area contributed by atoms with Crippen molar-refractivity contribution in [2.45, 2.75) is 45.6 Å². The van der Waals surface area contributed by atoms with Crippen molar-refractivity contribution < 1.29 is 4.74 Å². The van der Waals surface area contributed by atoms with Crippen LogP contribution in [0.4, 0.5) is 0 Å². The minimum Gasteiger partial charge on any atom is -0.497 e. The summed E-state index contributed by atoms with van der Waals surface area (Å²) in [6.07, 6.45) is 4.73. The predicted molar refractivity (Wildman–Crippen MR) is 135 cm³/mol. The molecule has 1 aromatic carbocycles. The van der Waals surface area contributed by atoms with Gasteiger partial charge < -0.3 is 19.9 Å². The number of nitrogens with one attached hydrogen (secondary N) is 2. The molecule has 0 radical (unpaired) electrons. The topological polar surface area (TPSA) is 67.7 Å². The second-order valence-corrected chi connectivity index (χ2v) is 7.09. The molecule has 0 aliphatic carbocycles. The number of aliphatic imine (C=N–C) groups is 1. The Morgan fingerprint density at radius 2 is 1.90 bits per heavy atom. The number of aryl methyl sites for hydroxylation is 1. The molecule has 0 aliphatic rings. The second kappa shape index (κ2) is 14.9. The van der Waals surface area contributed by atoms with Crippen molar-refractivity contribution in [2.75, 3.05) is 26.7 Å². The minimum absolute atomic E-state index is 0. The van der Waals surface area contributed by atoms with Crippen LogP contribution < -0.4 is 20.9 Å². The molecule has 0 saturated carbocycles. The van der Waals surface area contributed by atoms with E-state index in [9.17, 15) is 4.79 Å². The number of guanidine groups is 1. The molecule has 0 bridgehead atoms. The van der Waals surface area contributed by atoms with Gasteiger partial charge in [0.15, 0.2) is 5.96 Å². The average Bonchev–Trinajstić information content (AvgIpc) is 2.74. The largest absolute Gasteiger partial charge is 0.497 e. The van der Waals surface area contributed by atoms with E-state index in [0.717, 1.165) is 57.2 Å². The molecule has 1 atom stereocenters. The maximum atomic E-state index is 11.7. The number of hydrogen-bond acceptors (Lipinski definition) is 3. The van der Waals surface area contributed by atoms with Gasteiger partial charge in [-0.15, -0.1) is 24.0 Å². The van der Waals surface area contributed by atoms with E-state index in [1.165, 1.54) is 5.56 Å².